The van der Waals surface area contributed by atoms with Gasteiger partial charge in [0, 0.05) is 0 Å². The van der Waals surface area contributed by atoms with E-state index in [0.29, 0.717) is 0 Å². The summed E-state index contributed by atoms with van der Waals surface area (Å²) in [5.74, 6) is 4.92. The van der Waals surface area contributed by atoms with E-state index in [9.17, 15) is 0 Å². The molecule has 0 aromatic rings. The predicted octanol–water partition coefficient (Wildman–Crippen LogP) is 7.08. The summed E-state index contributed by atoms with van der Waals surface area (Å²) in [4.78, 5) is 0. The Hall–Kier alpha value is 0. The van der Waals surface area contributed by atoms with Crippen LogP contribution in [0.2, 0.25) is 0 Å². The molecule has 1 aliphatic carbocycles. The maximum absolute atomic E-state index is 2.52. The number of hydrogen-bond acceptors (Lipinski definition) is 0. The van der Waals surface area contributed by atoms with Gasteiger partial charge < -0.3 is 0 Å². The fourth-order valence-corrected chi connectivity index (χ4v) is 3.97. The van der Waals surface area contributed by atoms with Gasteiger partial charge in [0.1, 0.15) is 0 Å². The smallest absolute Gasteiger partial charge is 0.0365 e. The van der Waals surface area contributed by atoms with E-state index in [1.54, 1.807) is 0 Å². The van der Waals surface area contributed by atoms with Crippen molar-refractivity contribution < 1.29 is 0 Å². The van der Waals surface area contributed by atoms with Gasteiger partial charge in [0.15, 0.2) is 0 Å². The van der Waals surface area contributed by atoms with Crippen molar-refractivity contribution in [3.05, 3.63) is 0 Å². The molecular formula is C20H40. The minimum atomic E-state index is 0.870. The fraction of sp³-hybridized carbons (Fsp3) is 1.00. The third-order valence-electron chi connectivity index (χ3n) is 5.74. The van der Waals surface area contributed by atoms with Crippen LogP contribution in [0.3, 0.4) is 0 Å². The summed E-state index contributed by atoms with van der Waals surface area (Å²) in [6, 6.07) is 0. The largest absolute Gasteiger partial charge is 0.0654 e. The van der Waals surface area contributed by atoms with E-state index < -0.39 is 0 Å². The molecular weight excluding hydrogens is 240 g/mol. The molecule has 0 nitrogen and oxygen atoms in total. The van der Waals surface area contributed by atoms with Crippen molar-refractivity contribution in [2.75, 3.05) is 0 Å². The summed E-state index contributed by atoms with van der Waals surface area (Å²) in [5, 5.41) is 0. The van der Waals surface area contributed by atoms with E-state index in [1.807, 2.05) is 0 Å². The standard InChI is InChI=1S/C20H40/c1-6-7-8-9-14-20(16(2)3)17(4)12-10-11-13-19-15-18(19)5/h16-20H,6-15H2,1-5H3. The highest BCUT2D eigenvalue weighted by Gasteiger charge is 2.31. The van der Waals surface area contributed by atoms with Gasteiger partial charge in [-0.3, -0.25) is 0 Å². The molecule has 20 heavy (non-hydrogen) atoms. The van der Waals surface area contributed by atoms with Crippen molar-refractivity contribution in [3.8, 4) is 0 Å². The molecule has 0 spiro atoms. The summed E-state index contributed by atoms with van der Waals surface area (Å²) in [6.07, 6.45) is 14.6. The Morgan fingerprint density at radius 2 is 1.55 bits per heavy atom. The SMILES string of the molecule is CCCCCCC(C(C)C)C(C)CCCCC1CC1C. The molecule has 120 valence electrons. The summed E-state index contributed by atoms with van der Waals surface area (Å²) in [7, 11) is 0. The molecule has 0 aromatic carbocycles. The van der Waals surface area contributed by atoms with Crippen molar-refractivity contribution in [1.29, 1.82) is 0 Å². The highest BCUT2D eigenvalue weighted by atomic mass is 14.4. The maximum atomic E-state index is 2.52. The van der Waals surface area contributed by atoms with E-state index in [-0.39, 0.29) is 0 Å². The van der Waals surface area contributed by atoms with Crippen LogP contribution in [-0.2, 0) is 0 Å². The summed E-state index contributed by atoms with van der Waals surface area (Å²) in [5.41, 5.74) is 0. The highest BCUT2D eigenvalue weighted by Crippen LogP contribution is 2.42. The number of rotatable bonds is 12. The van der Waals surface area contributed by atoms with Crippen molar-refractivity contribution in [2.45, 2.75) is 98.8 Å². The molecule has 0 N–H and O–H groups in total. The second kappa shape index (κ2) is 9.85. The van der Waals surface area contributed by atoms with E-state index >= 15 is 0 Å². The zero-order chi connectivity index (χ0) is 15.0. The van der Waals surface area contributed by atoms with Crippen LogP contribution >= 0.6 is 0 Å². The summed E-state index contributed by atoms with van der Waals surface area (Å²) in [6.45, 7) is 12.1. The van der Waals surface area contributed by atoms with Gasteiger partial charge in [-0.1, -0.05) is 86.0 Å². The van der Waals surface area contributed by atoms with Crippen molar-refractivity contribution in [1.82, 2.24) is 0 Å². The first kappa shape index (κ1) is 18.1. The molecule has 4 atom stereocenters. The first-order valence-electron chi connectivity index (χ1n) is 9.56. The molecule has 0 aliphatic heterocycles. The van der Waals surface area contributed by atoms with Crippen LogP contribution in [0.25, 0.3) is 0 Å². The molecule has 0 heteroatoms. The van der Waals surface area contributed by atoms with Gasteiger partial charge >= 0.3 is 0 Å². The van der Waals surface area contributed by atoms with Crippen LogP contribution in [0.1, 0.15) is 98.8 Å². The maximum Gasteiger partial charge on any atom is -0.0365 e. The van der Waals surface area contributed by atoms with Crippen molar-refractivity contribution in [2.24, 2.45) is 29.6 Å². The lowest BCUT2D eigenvalue weighted by molar-refractivity contribution is 0.229. The molecule has 1 fully saturated rings. The van der Waals surface area contributed by atoms with Gasteiger partial charge in [-0.2, -0.15) is 0 Å². The molecule has 0 aromatic heterocycles. The van der Waals surface area contributed by atoms with Crippen LogP contribution in [0.15, 0.2) is 0 Å². The Morgan fingerprint density at radius 3 is 2.10 bits per heavy atom. The summed E-state index contributed by atoms with van der Waals surface area (Å²) >= 11 is 0. The third-order valence-corrected chi connectivity index (χ3v) is 5.74. The first-order valence-corrected chi connectivity index (χ1v) is 9.56. The predicted molar refractivity (Wildman–Crippen MR) is 92.0 cm³/mol. The lowest BCUT2D eigenvalue weighted by Crippen LogP contribution is -2.18. The Kier molecular flexibility index (Phi) is 8.89. The molecule has 0 amide bonds. The summed E-state index contributed by atoms with van der Waals surface area (Å²) < 4.78 is 0. The van der Waals surface area contributed by atoms with Gasteiger partial charge in [0.05, 0.1) is 0 Å². The molecule has 0 radical (unpaired) electrons. The average Bonchev–Trinajstić information content (AvgIpc) is 3.10. The molecule has 0 bridgehead atoms. The van der Waals surface area contributed by atoms with Crippen LogP contribution in [0.4, 0.5) is 0 Å². The number of hydrogen-bond donors (Lipinski definition) is 0. The zero-order valence-electron chi connectivity index (χ0n) is 15.0. The normalized spacial score (nSPS) is 24.9. The van der Waals surface area contributed by atoms with E-state index in [0.717, 1.165) is 29.6 Å². The Bertz CT molecular complexity index is 230. The molecule has 1 aliphatic rings. The molecule has 1 rings (SSSR count). The lowest BCUT2D eigenvalue weighted by atomic mass is 9.78. The molecule has 1 saturated carbocycles. The Morgan fingerprint density at radius 1 is 0.900 bits per heavy atom. The van der Waals surface area contributed by atoms with E-state index in [2.05, 4.69) is 34.6 Å². The first-order chi connectivity index (χ1) is 9.56. The minimum absolute atomic E-state index is 0.870. The number of unbranched alkanes of at least 4 members (excludes halogenated alkanes) is 4. The Labute approximate surface area is 129 Å². The van der Waals surface area contributed by atoms with Crippen LogP contribution in [0, 0.1) is 29.6 Å². The zero-order valence-corrected chi connectivity index (χ0v) is 15.0. The van der Waals surface area contributed by atoms with E-state index in [4.69, 9.17) is 0 Å². The topological polar surface area (TPSA) is 0 Å². The molecule has 0 heterocycles. The third kappa shape index (κ3) is 7.14. The monoisotopic (exact) mass is 280 g/mol. The average molecular weight is 281 g/mol. The van der Waals surface area contributed by atoms with Gasteiger partial charge in [-0.05, 0) is 42.4 Å². The van der Waals surface area contributed by atoms with Gasteiger partial charge in [0.2, 0.25) is 0 Å². The highest BCUT2D eigenvalue weighted by molar-refractivity contribution is 4.82. The van der Waals surface area contributed by atoms with Gasteiger partial charge in [-0.25, -0.2) is 0 Å². The van der Waals surface area contributed by atoms with Crippen LogP contribution < -0.4 is 0 Å². The quantitative estimate of drug-likeness (QED) is 0.335. The van der Waals surface area contributed by atoms with Crippen LogP contribution in [0.5, 0.6) is 0 Å². The molecule has 0 saturated heterocycles. The fourth-order valence-electron chi connectivity index (χ4n) is 3.97. The second-order valence-corrected chi connectivity index (χ2v) is 7.99. The lowest BCUT2D eigenvalue weighted by Gasteiger charge is -2.27. The van der Waals surface area contributed by atoms with Crippen LogP contribution in [-0.4, -0.2) is 0 Å². The van der Waals surface area contributed by atoms with E-state index in [1.165, 1.54) is 64.2 Å². The van der Waals surface area contributed by atoms with Crippen molar-refractivity contribution in [3.63, 3.8) is 0 Å². The van der Waals surface area contributed by atoms with Gasteiger partial charge in [0.25, 0.3) is 0 Å². The van der Waals surface area contributed by atoms with Crippen molar-refractivity contribution >= 4 is 0 Å². The minimum Gasteiger partial charge on any atom is -0.0654 e. The second-order valence-electron chi connectivity index (χ2n) is 7.99. The van der Waals surface area contributed by atoms with Gasteiger partial charge in [-0.15, -0.1) is 0 Å². The molecule has 4 unspecified atom stereocenters. The Balaban J connectivity index is 2.12.